The Bertz CT molecular complexity index is 613. The van der Waals surface area contributed by atoms with E-state index in [9.17, 15) is 22.4 Å². The summed E-state index contributed by atoms with van der Waals surface area (Å²) in [4.78, 5) is 12.5. The molecule has 1 heterocycles. The number of hydrogen-bond donors (Lipinski definition) is 1. The van der Waals surface area contributed by atoms with Crippen LogP contribution in [-0.4, -0.2) is 37.9 Å². The van der Waals surface area contributed by atoms with E-state index in [-0.39, 0.29) is 17.7 Å². The molecule has 1 N–H and O–H groups in total. The molecule has 1 aromatic rings. The van der Waals surface area contributed by atoms with E-state index < -0.39 is 23.8 Å². The molecule has 8 heteroatoms. The zero-order chi connectivity index (χ0) is 19.3. The van der Waals surface area contributed by atoms with Crippen molar-refractivity contribution in [1.82, 2.24) is 5.32 Å². The second-order valence-electron chi connectivity index (χ2n) is 6.64. The summed E-state index contributed by atoms with van der Waals surface area (Å²) in [6, 6.07) is 3.36. The fourth-order valence-electron chi connectivity index (χ4n) is 2.91. The third kappa shape index (κ3) is 5.95. The standard InChI is InChI=1S/C18H23F4NO3/c1-11(2)17(24)14(10-23-13-5-7-25-8-6-13)12-3-4-16(15(19)9-12)26-18(20,21)22/h3-4,9,11,13-14,23H,5-8,10H2,1-2H3/t14-/m1/s1. The molecule has 1 atom stereocenters. The SMILES string of the molecule is CC(C)C(=O)[C@H](CNC1CCOCC1)c1ccc(OC(F)(F)F)c(F)c1. The molecule has 4 nitrogen and oxygen atoms in total. The van der Waals surface area contributed by atoms with Gasteiger partial charge in [-0.15, -0.1) is 13.2 Å². The number of ketones is 1. The van der Waals surface area contributed by atoms with Crippen LogP contribution in [0.5, 0.6) is 5.75 Å². The lowest BCUT2D eigenvalue weighted by Gasteiger charge is -2.26. The van der Waals surface area contributed by atoms with Crippen molar-refractivity contribution in [2.45, 2.75) is 45.0 Å². The highest BCUT2D eigenvalue weighted by atomic mass is 19.4. The van der Waals surface area contributed by atoms with Gasteiger partial charge in [0.25, 0.3) is 0 Å². The van der Waals surface area contributed by atoms with Gasteiger partial charge in [0.1, 0.15) is 5.78 Å². The van der Waals surface area contributed by atoms with Crippen molar-refractivity contribution < 1.29 is 31.8 Å². The number of hydrogen-bond acceptors (Lipinski definition) is 4. The monoisotopic (exact) mass is 377 g/mol. The van der Waals surface area contributed by atoms with E-state index in [4.69, 9.17) is 4.74 Å². The molecule has 146 valence electrons. The van der Waals surface area contributed by atoms with Crippen LogP contribution in [-0.2, 0) is 9.53 Å². The molecule has 0 radical (unpaired) electrons. The van der Waals surface area contributed by atoms with Gasteiger partial charge in [-0.05, 0) is 30.5 Å². The molecule has 1 aliphatic rings. The van der Waals surface area contributed by atoms with Crippen LogP contribution in [0.25, 0.3) is 0 Å². The molecular formula is C18H23F4NO3. The molecule has 1 aliphatic heterocycles. The lowest BCUT2D eigenvalue weighted by atomic mass is 9.88. The van der Waals surface area contributed by atoms with Gasteiger partial charge in [0.15, 0.2) is 11.6 Å². The molecule has 1 fully saturated rings. The minimum atomic E-state index is -4.97. The van der Waals surface area contributed by atoms with E-state index >= 15 is 0 Å². The van der Waals surface area contributed by atoms with Gasteiger partial charge in [0, 0.05) is 31.7 Å². The lowest BCUT2D eigenvalue weighted by Crippen LogP contribution is -2.39. The van der Waals surface area contributed by atoms with Crippen molar-refractivity contribution in [3.05, 3.63) is 29.6 Å². The van der Waals surface area contributed by atoms with Crippen molar-refractivity contribution in [2.24, 2.45) is 5.92 Å². The second kappa shape index (κ2) is 8.81. The number of Topliss-reactive ketones (excluding diaryl/α,β-unsaturated/α-hetero) is 1. The first-order valence-electron chi connectivity index (χ1n) is 8.57. The van der Waals surface area contributed by atoms with Crippen molar-refractivity contribution in [2.75, 3.05) is 19.8 Å². The summed E-state index contributed by atoms with van der Waals surface area (Å²) in [5.74, 6) is -3.09. The molecule has 2 rings (SSSR count). The summed E-state index contributed by atoms with van der Waals surface area (Å²) >= 11 is 0. The van der Waals surface area contributed by atoms with E-state index in [1.54, 1.807) is 13.8 Å². The van der Waals surface area contributed by atoms with Gasteiger partial charge in [-0.3, -0.25) is 4.79 Å². The van der Waals surface area contributed by atoms with Crippen molar-refractivity contribution in [1.29, 1.82) is 0 Å². The fourth-order valence-corrected chi connectivity index (χ4v) is 2.91. The largest absolute Gasteiger partial charge is 0.573 e. The van der Waals surface area contributed by atoms with Gasteiger partial charge in [-0.2, -0.15) is 0 Å². The fraction of sp³-hybridized carbons (Fsp3) is 0.611. The maximum Gasteiger partial charge on any atom is 0.573 e. The van der Waals surface area contributed by atoms with E-state index in [2.05, 4.69) is 10.1 Å². The number of carbonyl (C=O) groups is 1. The number of nitrogens with one attached hydrogen (secondary N) is 1. The maximum absolute atomic E-state index is 14.0. The van der Waals surface area contributed by atoms with Crippen LogP contribution in [0.4, 0.5) is 17.6 Å². The molecule has 0 spiro atoms. The summed E-state index contributed by atoms with van der Waals surface area (Å²) < 4.78 is 59.8. The van der Waals surface area contributed by atoms with Gasteiger partial charge in [-0.1, -0.05) is 19.9 Å². The molecule has 0 unspecified atom stereocenters. The van der Waals surface area contributed by atoms with Gasteiger partial charge in [0.2, 0.25) is 0 Å². The number of carbonyl (C=O) groups excluding carboxylic acids is 1. The molecule has 0 amide bonds. The Morgan fingerprint density at radius 1 is 1.31 bits per heavy atom. The predicted octanol–water partition coefficient (Wildman–Crippen LogP) is 3.80. The highest BCUT2D eigenvalue weighted by molar-refractivity contribution is 5.87. The molecule has 0 saturated carbocycles. The first-order chi connectivity index (χ1) is 12.2. The van der Waals surface area contributed by atoms with Crippen LogP contribution in [0.2, 0.25) is 0 Å². The van der Waals surface area contributed by atoms with Crippen LogP contribution in [0, 0.1) is 11.7 Å². The Morgan fingerprint density at radius 3 is 2.50 bits per heavy atom. The number of halogens is 4. The Balaban J connectivity index is 2.16. The molecule has 1 aromatic carbocycles. The Labute approximate surface area is 149 Å². The van der Waals surface area contributed by atoms with E-state index in [0.29, 0.717) is 25.3 Å². The van der Waals surface area contributed by atoms with E-state index in [0.717, 1.165) is 25.0 Å². The van der Waals surface area contributed by atoms with Gasteiger partial charge < -0.3 is 14.8 Å². The van der Waals surface area contributed by atoms with E-state index in [1.807, 2.05) is 0 Å². The Morgan fingerprint density at radius 2 is 1.96 bits per heavy atom. The third-order valence-corrected chi connectivity index (χ3v) is 4.33. The maximum atomic E-state index is 14.0. The quantitative estimate of drug-likeness (QED) is 0.735. The smallest absolute Gasteiger partial charge is 0.403 e. The molecular weight excluding hydrogens is 354 g/mol. The van der Waals surface area contributed by atoms with Crippen molar-refractivity contribution in [3.8, 4) is 5.75 Å². The summed E-state index contributed by atoms with van der Waals surface area (Å²) in [7, 11) is 0. The van der Waals surface area contributed by atoms with Gasteiger partial charge in [-0.25, -0.2) is 4.39 Å². The number of benzene rings is 1. The molecule has 26 heavy (non-hydrogen) atoms. The van der Waals surface area contributed by atoms with Crippen molar-refractivity contribution in [3.63, 3.8) is 0 Å². The topological polar surface area (TPSA) is 47.6 Å². The second-order valence-corrected chi connectivity index (χ2v) is 6.64. The van der Waals surface area contributed by atoms with Crippen LogP contribution in [0.15, 0.2) is 18.2 Å². The first kappa shape index (κ1) is 20.6. The van der Waals surface area contributed by atoms with Crippen molar-refractivity contribution >= 4 is 5.78 Å². The average molecular weight is 377 g/mol. The van der Waals surface area contributed by atoms with Crippen LogP contribution >= 0.6 is 0 Å². The molecule has 0 aromatic heterocycles. The minimum absolute atomic E-state index is 0.103. The molecule has 0 aliphatic carbocycles. The van der Waals surface area contributed by atoms with Crippen LogP contribution < -0.4 is 10.1 Å². The van der Waals surface area contributed by atoms with Gasteiger partial charge >= 0.3 is 6.36 Å². The summed E-state index contributed by atoms with van der Waals surface area (Å²) in [6.45, 7) is 5.04. The number of ether oxygens (including phenoxy) is 2. The zero-order valence-corrected chi connectivity index (χ0v) is 14.7. The summed E-state index contributed by atoms with van der Waals surface area (Å²) in [6.07, 6.45) is -3.34. The Kier molecular flexibility index (Phi) is 7.00. The molecule has 0 bridgehead atoms. The number of rotatable bonds is 7. The summed E-state index contributed by atoms with van der Waals surface area (Å²) in [5, 5.41) is 3.29. The highest BCUT2D eigenvalue weighted by Crippen LogP contribution is 2.29. The minimum Gasteiger partial charge on any atom is -0.403 e. The number of alkyl halides is 3. The first-order valence-corrected chi connectivity index (χ1v) is 8.57. The predicted molar refractivity (Wildman–Crippen MR) is 87.5 cm³/mol. The van der Waals surface area contributed by atoms with Crippen LogP contribution in [0.3, 0.4) is 0 Å². The average Bonchev–Trinajstić information content (AvgIpc) is 2.57. The van der Waals surface area contributed by atoms with E-state index in [1.165, 1.54) is 6.07 Å². The highest BCUT2D eigenvalue weighted by Gasteiger charge is 2.33. The normalized spacial score (nSPS) is 17.3. The molecule has 1 saturated heterocycles. The third-order valence-electron chi connectivity index (χ3n) is 4.33. The zero-order valence-electron chi connectivity index (χ0n) is 14.7. The lowest BCUT2D eigenvalue weighted by molar-refractivity contribution is -0.275. The summed E-state index contributed by atoms with van der Waals surface area (Å²) in [5.41, 5.74) is 0.329. The van der Waals surface area contributed by atoms with Crippen LogP contribution in [0.1, 0.15) is 38.2 Å². The Hall–Kier alpha value is -1.67. The van der Waals surface area contributed by atoms with Gasteiger partial charge in [0.05, 0.1) is 5.92 Å².